The maximum Gasteiger partial charge on any atom is 0.130 e. The first-order chi connectivity index (χ1) is 8.08. The second kappa shape index (κ2) is 5.07. The quantitative estimate of drug-likeness (QED) is 0.795. The number of aromatic nitrogens is 3. The average molecular weight is 270 g/mol. The SMILES string of the molecule is CC(C)c1nccn1Cc1cnc(Cl)cc1Cl. The molecule has 0 aromatic carbocycles. The van der Waals surface area contributed by atoms with E-state index in [-0.39, 0.29) is 0 Å². The first-order valence-corrected chi connectivity index (χ1v) is 6.14. The number of halogens is 2. The van der Waals surface area contributed by atoms with Crippen molar-refractivity contribution in [3.8, 4) is 0 Å². The average Bonchev–Trinajstić information content (AvgIpc) is 2.70. The van der Waals surface area contributed by atoms with Crippen LogP contribution in [-0.4, -0.2) is 14.5 Å². The summed E-state index contributed by atoms with van der Waals surface area (Å²) in [7, 11) is 0. The molecule has 0 saturated carbocycles. The predicted molar refractivity (Wildman–Crippen MR) is 69.7 cm³/mol. The lowest BCUT2D eigenvalue weighted by Crippen LogP contribution is -2.06. The Bertz CT molecular complexity index is 520. The minimum Gasteiger partial charge on any atom is -0.330 e. The second-order valence-corrected chi connectivity index (χ2v) is 4.96. The summed E-state index contributed by atoms with van der Waals surface area (Å²) in [6, 6.07) is 1.66. The largest absolute Gasteiger partial charge is 0.330 e. The minimum atomic E-state index is 0.379. The van der Waals surface area contributed by atoms with Gasteiger partial charge in [0.15, 0.2) is 0 Å². The molecule has 0 saturated heterocycles. The highest BCUT2D eigenvalue weighted by molar-refractivity contribution is 6.34. The van der Waals surface area contributed by atoms with E-state index in [1.807, 2.05) is 6.20 Å². The molecule has 90 valence electrons. The molecule has 0 aliphatic carbocycles. The molecule has 2 rings (SSSR count). The van der Waals surface area contributed by atoms with Crippen LogP contribution in [-0.2, 0) is 6.54 Å². The van der Waals surface area contributed by atoms with E-state index in [0.717, 1.165) is 11.4 Å². The van der Waals surface area contributed by atoms with Gasteiger partial charge in [0.1, 0.15) is 11.0 Å². The summed E-state index contributed by atoms with van der Waals surface area (Å²) in [5.41, 5.74) is 0.941. The van der Waals surface area contributed by atoms with Crippen LogP contribution < -0.4 is 0 Å². The molecule has 3 nitrogen and oxygen atoms in total. The molecule has 5 heteroatoms. The molecule has 0 atom stereocenters. The number of imidazole rings is 1. The van der Waals surface area contributed by atoms with Gasteiger partial charge in [-0.2, -0.15) is 0 Å². The zero-order valence-electron chi connectivity index (χ0n) is 9.69. The van der Waals surface area contributed by atoms with Gasteiger partial charge in [-0.15, -0.1) is 0 Å². The Hall–Kier alpha value is -1.06. The fourth-order valence-corrected chi connectivity index (χ4v) is 2.12. The summed E-state index contributed by atoms with van der Waals surface area (Å²) in [4.78, 5) is 8.37. The van der Waals surface area contributed by atoms with Crippen LogP contribution in [0.15, 0.2) is 24.7 Å². The summed E-state index contributed by atoms with van der Waals surface area (Å²) in [5, 5.41) is 1.04. The van der Waals surface area contributed by atoms with Gasteiger partial charge in [0.2, 0.25) is 0 Å². The van der Waals surface area contributed by atoms with Crippen molar-refractivity contribution >= 4 is 23.2 Å². The van der Waals surface area contributed by atoms with Crippen LogP contribution in [0.5, 0.6) is 0 Å². The third kappa shape index (κ3) is 2.79. The number of pyridine rings is 1. The number of hydrogen-bond donors (Lipinski definition) is 0. The Kier molecular flexibility index (Phi) is 3.69. The van der Waals surface area contributed by atoms with Gasteiger partial charge in [-0.05, 0) is 6.07 Å². The van der Waals surface area contributed by atoms with Gasteiger partial charge in [-0.1, -0.05) is 37.0 Å². The van der Waals surface area contributed by atoms with E-state index in [9.17, 15) is 0 Å². The molecule has 0 unspecified atom stereocenters. The van der Waals surface area contributed by atoms with Crippen LogP contribution in [0.3, 0.4) is 0 Å². The summed E-state index contributed by atoms with van der Waals surface area (Å²) in [6.45, 7) is 4.89. The van der Waals surface area contributed by atoms with Crippen molar-refractivity contribution in [2.24, 2.45) is 0 Å². The molecule has 0 spiro atoms. The smallest absolute Gasteiger partial charge is 0.130 e. The monoisotopic (exact) mass is 269 g/mol. The van der Waals surface area contributed by atoms with E-state index >= 15 is 0 Å². The van der Waals surface area contributed by atoms with Crippen molar-refractivity contribution in [3.05, 3.63) is 46.2 Å². The fraction of sp³-hybridized carbons (Fsp3) is 0.333. The van der Waals surface area contributed by atoms with Crippen LogP contribution in [0.25, 0.3) is 0 Å². The van der Waals surface area contributed by atoms with Crippen molar-refractivity contribution in [1.82, 2.24) is 14.5 Å². The maximum atomic E-state index is 6.12. The standard InChI is InChI=1S/C12H13Cl2N3/c1-8(2)12-15-3-4-17(12)7-9-6-16-11(14)5-10(9)13/h3-6,8H,7H2,1-2H3. The van der Waals surface area contributed by atoms with Crippen molar-refractivity contribution in [2.45, 2.75) is 26.3 Å². The number of hydrogen-bond acceptors (Lipinski definition) is 2. The summed E-state index contributed by atoms with van der Waals surface area (Å²) < 4.78 is 2.07. The van der Waals surface area contributed by atoms with Crippen LogP contribution in [0.4, 0.5) is 0 Å². The Morgan fingerprint density at radius 2 is 2.06 bits per heavy atom. The van der Waals surface area contributed by atoms with Gasteiger partial charge in [0.25, 0.3) is 0 Å². The summed E-state index contributed by atoms with van der Waals surface area (Å²) in [5.74, 6) is 1.42. The Morgan fingerprint density at radius 3 is 2.71 bits per heavy atom. The Morgan fingerprint density at radius 1 is 1.29 bits per heavy atom. The zero-order valence-corrected chi connectivity index (χ0v) is 11.2. The van der Waals surface area contributed by atoms with Crippen molar-refractivity contribution in [3.63, 3.8) is 0 Å². The van der Waals surface area contributed by atoms with Gasteiger partial charge >= 0.3 is 0 Å². The van der Waals surface area contributed by atoms with Crippen LogP contribution in [0, 0.1) is 0 Å². The van der Waals surface area contributed by atoms with Crippen molar-refractivity contribution in [1.29, 1.82) is 0 Å². The third-order valence-corrected chi connectivity index (χ3v) is 3.06. The number of rotatable bonds is 3. The van der Waals surface area contributed by atoms with Gasteiger partial charge in [-0.3, -0.25) is 0 Å². The molecule has 0 aliphatic rings. The molecule has 0 aliphatic heterocycles. The molecular weight excluding hydrogens is 257 g/mol. The lowest BCUT2D eigenvalue weighted by molar-refractivity contribution is 0.668. The molecule has 2 aromatic rings. The van der Waals surface area contributed by atoms with Crippen molar-refractivity contribution in [2.75, 3.05) is 0 Å². The Labute approximate surface area is 110 Å². The maximum absolute atomic E-state index is 6.12. The first kappa shape index (κ1) is 12.4. The van der Waals surface area contributed by atoms with Crippen LogP contribution >= 0.6 is 23.2 Å². The molecule has 17 heavy (non-hydrogen) atoms. The molecule has 0 amide bonds. The van der Waals surface area contributed by atoms with E-state index < -0.39 is 0 Å². The first-order valence-electron chi connectivity index (χ1n) is 5.39. The molecular formula is C12H13Cl2N3. The van der Waals surface area contributed by atoms with E-state index in [1.165, 1.54) is 0 Å². The number of nitrogens with zero attached hydrogens (tertiary/aromatic N) is 3. The fourth-order valence-electron chi connectivity index (χ4n) is 1.69. The zero-order chi connectivity index (χ0) is 12.4. The van der Waals surface area contributed by atoms with Gasteiger partial charge in [0, 0.05) is 30.1 Å². The predicted octanol–water partition coefficient (Wildman–Crippen LogP) is 3.76. The molecule has 0 radical (unpaired) electrons. The molecule has 0 fully saturated rings. The molecule has 2 aromatic heterocycles. The molecule has 2 heterocycles. The second-order valence-electron chi connectivity index (χ2n) is 4.17. The summed E-state index contributed by atoms with van der Waals surface area (Å²) in [6.07, 6.45) is 5.45. The van der Waals surface area contributed by atoms with E-state index in [1.54, 1.807) is 18.5 Å². The van der Waals surface area contributed by atoms with Gasteiger partial charge < -0.3 is 4.57 Å². The summed E-state index contributed by atoms with van der Waals surface area (Å²) >= 11 is 11.9. The third-order valence-electron chi connectivity index (χ3n) is 2.50. The van der Waals surface area contributed by atoms with Gasteiger partial charge in [-0.25, -0.2) is 9.97 Å². The minimum absolute atomic E-state index is 0.379. The lowest BCUT2D eigenvalue weighted by atomic mass is 10.2. The van der Waals surface area contributed by atoms with E-state index in [0.29, 0.717) is 22.6 Å². The van der Waals surface area contributed by atoms with Crippen LogP contribution in [0.2, 0.25) is 10.2 Å². The highest BCUT2D eigenvalue weighted by atomic mass is 35.5. The van der Waals surface area contributed by atoms with Gasteiger partial charge in [0.05, 0.1) is 11.6 Å². The highest BCUT2D eigenvalue weighted by Crippen LogP contribution is 2.21. The topological polar surface area (TPSA) is 30.7 Å². The van der Waals surface area contributed by atoms with Crippen LogP contribution in [0.1, 0.15) is 31.2 Å². The molecule has 0 N–H and O–H groups in total. The van der Waals surface area contributed by atoms with E-state index in [2.05, 4.69) is 28.4 Å². The molecule has 0 bridgehead atoms. The highest BCUT2D eigenvalue weighted by Gasteiger charge is 2.09. The Balaban J connectivity index is 2.28. The normalized spacial score (nSPS) is 11.1. The van der Waals surface area contributed by atoms with E-state index in [4.69, 9.17) is 23.2 Å². The lowest BCUT2D eigenvalue weighted by Gasteiger charge is -2.11. The van der Waals surface area contributed by atoms with Crippen molar-refractivity contribution < 1.29 is 0 Å².